The molecule has 0 atom stereocenters. The van der Waals surface area contributed by atoms with Gasteiger partial charge in [0.2, 0.25) is 0 Å². The molecule has 0 fully saturated rings. The van der Waals surface area contributed by atoms with Crippen molar-refractivity contribution in [3.63, 3.8) is 0 Å². The van der Waals surface area contributed by atoms with Gasteiger partial charge in [-0.05, 0) is 0 Å². The van der Waals surface area contributed by atoms with E-state index in [1.807, 2.05) is 0 Å². The lowest BCUT2D eigenvalue weighted by Crippen LogP contribution is -2.13. The summed E-state index contributed by atoms with van der Waals surface area (Å²) in [5, 5.41) is 7.83. The first-order valence-electron chi connectivity index (χ1n) is 2.48. The van der Waals surface area contributed by atoms with Gasteiger partial charge in [-0.15, -0.1) is 0 Å². The molecule has 0 bridgehead atoms. The Labute approximate surface area is 63.1 Å². The Bertz CT molecular complexity index is 273. The summed E-state index contributed by atoms with van der Waals surface area (Å²) in [6.07, 6.45) is 0. The van der Waals surface area contributed by atoms with Crippen LogP contribution in [-0.2, 0) is 19.6 Å². The lowest BCUT2D eigenvalue weighted by atomic mass is 10.7. The molecule has 0 heterocycles. The van der Waals surface area contributed by atoms with Crippen LogP contribution >= 0.6 is 0 Å². The monoisotopic (exact) mass is 179 g/mol. The van der Waals surface area contributed by atoms with Crippen LogP contribution in [0.25, 0.3) is 0 Å². The second-order valence-corrected chi connectivity index (χ2v) is 3.11. The van der Waals surface area contributed by atoms with Crippen LogP contribution in [0.1, 0.15) is 0 Å². The van der Waals surface area contributed by atoms with Gasteiger partial charge in [0, 0.05) is 0 Å². The van der Waals surface area contributed by atoms with E-state index in [9.17, 15) is 13.2 Å². The van der Waals surface area contributed by atoms with Crippen LogP contribution in [0.5, 0.6) is 0 Å². The molecule has 0 aliphatic carbocycles. The number of nitriles is 1. The van der Waals surface area contributed by atoms with Crippen molar-refractivity contribution in [2.45, 2.75) is 0 Å². The SMILES string of the molecule is N#CC(=O)OCCS(=O)(=O)O. The van der Waals surface area contributed by atoms with Crippen LogP contribution in [0.3, 0.4) is 0 Å². The first-order valence-corrected chi connectivity index (χ1v) is 4.08. The van der Waals surface area contributed by atoms with Gasteiger partial charge in [0.05, 0.1) is 0 Å². The molecule has 0 radical (unpaired) electrons. The lowest BCUT2D eigenvalue weighted by molar-refractivity contribution is -0.136. The maximum absolute atomic E-state index is 10.0. The number of carbonyl (C=O) groups excluding carboxylic acids is 1. The van der Waals surface area contributed by atoms with Gasteiger partial charge in [-0.2, -0.15) is 13.7 Å². The molecule has 1 N–H and O–H groups in total. The Morgan fingerprint density at radius 3 is 2.55 bits per heavy atom. The Morgan fingerprint density at radius 2 is 2.18 bits per heavy atom. The van der Waals surface area contributed by atoms with Crippen LogP contribution in [0.2, 0.25) is 0 Å². The summed E-state index contributed by atoms with van der Waals surface area (Å²) in [5.74, 6) is -1.87. The maximum Gasteiger partial charge on any atom is 0.411 e. The van der Waals surface area contributed by atoms with Crippen LogP contribution < -0.4 is 0 Å². The Balaban J connectivity index is 3.62. The second-order valence-electron chi connectivity index (χ2n) is 1.53. The average Bonchev–Trinajstić information content (AvgIpc) is 1.85. The zero-order valence-electron chi connectivity index (χ0n) is 5.35. The number of rotatable bonds is 3. The lowest BCUT2D eigenvalue weighted by Gasteiger charge is -1.95. The third-order valence-corrected chi connectivity index (χ3v) is 1.35. The minimum atomic E-state index is -4.11. The highest BCUT2D eigenvalue weighted by Crippen LogP contribution is 1.83. The fourth-order valence-corrected chi connectivity index (χ4v) is 0.566. The molecule has 0 aliphatic rings. The summed E-state index contributed by atoms with van der Waals surface area (Å²) in [4.78, 5) is 10.0. The van der Waals surface area contributed by atoms with Crippen LogP contribution in [-0.4, -0.2) is 31.3 Å². The van der Waals surface area contributed by atoms with Gasteiger partial charge < -0.3 is 4.74 Å². The fraction of sp³-hybridized carbons (Fsp3) is 0.500. The van der Waals surface area contributed by atoms with Crippen molar-refractivity contribution in [3.05, 3.63) is 0 Å². The normalized spacial score (nSPS) is 10.2. The molecule has 6 nitrogen and oxygen atoms in total. The number of hydrogen-bond acceptors (Lipinski definition) is 5. The molecule has 0 saturated carbocycles. The van der Waals surface area contributed by atoms with E-state index >= 15 is 0 Å². The van der Waals surface area contributed by atoms with Crippen molar-refractivity contribution in [3.8, 4) is 6.07 Å². The molecule has 11 heavy (non-hydrogen) atoms. The smallest absolute Gasteiger partial charge is 0.411 e. The zero-order valence-corrected chi connectivity index (χ0v) is 6.17. The maximum atomic E-state index is 10.0. The molecule has 0 aromatic heterocycles. The highest BCUT2D eigenvalue weighted by atomic mass is 32.2. The topological polar surface area (TPSA) is 104 Å². The summed E-state index contributed by atoms with van der Waals surface area (Å²) in [6, 6.07) is 1.11. The molecular weight excluding hydrogens is 174 g/mol. The third-order valence-electron chi connectivity index (χ3n) is 0.666. The summed E-state index contributed by atoms with van der Waals surface area (Å²) in [7, 11) is -4.11. The molecule has 0 aromatic rings. The van der Waals surface area contributed by atoms with Gasteiger partial charge in [-0.25, -0.2) is 4.79 Å². The first-order chi connectivity index (χ1) is 4.95. The summed E-state index contributed by atoms with van der Waals surface area (Å²) in [5.41, 5.74) is 0. The van der Waals surface area contributed by atoms with E-state index in [1.165, 1.54) is 0 Å². The minimum Gasteiger partial charge on any atom is -0.453 e. The summed E-state index contributed by atoms with van der Waals surface area (Å²) in [6.45, 7) is -0.509. The average molecular weight is 179 g/mol. The van der Waals surface area contributed by atoms with Gasteiger partial charge in [0.15, 0.2) is 6.07 Å². The van der Waals surface area contributed by atoms with Gasteiger partial charge in [-0.3, -0.25) is 4.55 Å². The van der Waals surface area contributed by atoms with E-state index in [-0.39, 0.29) is 0 Å². The third kappa shape index (κ3) is 6.76. The minimum absolute atomic E-state index is 0.509. The predicted octanol–water partition coefficient (Wildman–Crippen LogP) is -1.06. The van der Waals surface area contributed by atoms with Gasteiger partial charge in [-0.1, -0.05) is 0 Å². The van der Waals surface area contributed by atoms with Crippen LogP contribution in [0, 0.1) is 11.3 Å². The zero-order chi connectivity index (χ0) is 8.91. The molecule has 0 aromatic carbocycles. The predicted molar refractivity (Wildman–Crippen MR) is 33.0 cm³/mol. The van der Waals surface area contributed by atoms with Gasteiger partial charge >= 0.3 is 5.97 Å². The summed E-state index contributed by atoms with van der Waals surface area (Å²) < 4.78 is 32.1. The van der Waals surface area contributed by atoms with E-state index in [1.54, 1.807) is 0 Å². The molecule has 0 aliphatic heterocycles. The van der Waals surface area contributed by atoms with E-state index in [0.717, 1.165) is 6.07 Å². The van der Waals surface area contributed by atoms with Crippen molar-refractivity contribution in [1.29, 1.82) is 5.26 Å². The molecule has 0 amide bonds. The highest BCUT2D eigenvalue weighted by molar-refractivity contribution is 7.85. The highest BCUT2D eigenvalue weighted by Gasteiger charge is 2.06. The van der Waals surface area contributed by atoms with Crippen molar-refractivity contribution in [2.24, 2.45) is 0 Å². The Hall–Kier alpha value is -1.13. The second kappa shape index (κ2) is 3.90. The number of nitrogens with zero attached hydrogens (tertiary/aromatic N) is 1. The number of esters is 1. The standard InChI is InChI=1S/C4H5NO5S/c5-3-4(6)10-1-2-11(7,8)9/h1-2H2,(H,7,8,9). The molecule has 62 valence electrons. The van der Waals surface area contributed by atoms with E-state index < -0.39 is 28.4 Å². The summed E-state index contributed by atoms with van der Waals surface area (Å²) >= 11 is 0. The number of ether oxygens (including phenoxy) is 1. The first kappa shape index (κ1) is 9.87. The Kier molecular flexibility index (Phi) is 3.50. The molecule has 0 unspecified atom stereocenters. The van der Waals surface area contributed by atoms with Crippen molar-refractivity contribution < 1.29 is 22.5 Å². The van der Waals surface area contributed by atoms with Crippen molar-refractivity contribution >= 4 is 16.1 Å². The van der Waals surface area contributed by atoms with Crippen molar-refractivity contribution in [2.75, 3.05) is 12.4 Å². The van der Waals surface area contributed by atoms with Crippen LogP contribution in [0.15, 0.2) is 0 Å². The van der Waals surface area contributed by atoms with Gasteiger partial charge in [0.1, 0.15) is 12.4 Å². The van der Waals surface area contributed by atoms with Gasteiger partial charge in [0.25, 0.3) is 10.1 Å². The fourth-order valence-electron chi connectivity index (χ4n) is 0.272. The number of hydrogen-bond donors (Lipinski definition) is 1. The molecular formula is C4H5NO5S. The molecule has 0 spiro atoms. The Morgan fingerprint density at radius 1 is 1.64 bits per heavy atom. The molecule has 0 saturated heterocycles. The molecule has 0 rings (SSSR count). The quantitative estimate of drug-likeness (QED) is 0.336. The van der Waals surface area contributed by atoms with E-state index in [2.05, 4.69) is 4.74 Å². The molecule has 7 heteroatoms. The largest absolute Gasteiger partial charge is 0.453 e. The van der Waals surface area contributed by atoms with Crippen LogP contribution in [0.4, 0.5) is 0 Å². The number of carbonyl (C=O) groups is 1. The van der Waals surface area contributed by atoms with E-state index in [0.29, 0.717) is 0 Å². The van der Waals surface area contributed by atoms with Crippen molar-refractivity contribution in [1.82, 2.24) is 0 Å². The van der Waals surface area contributed by atoms with E-state index in [4.69, 9.17) is 9.81 Å².